The molecule has 6 N–H and O–H groups in total. The van der Waals surface area contributed by atoms with E-state index in [4.69, 9.17) is 34.0 Å². The summed E-state index contributed by atoms with van der Waals surface area (Å²) in [4.78, 5) is 0. The minimum Gasteiger partial charge on any atom is -0.493 e. The SMILES string of the molecule is [B]C([B])(O)C(O)(CCc1cc2cc(N)c(OC)cn2n1)C([B])(O)O. The van der Waals surface area contributed by atoms with Crippen LogP contribution in [0.4, 0.5) is 5.69 Å². The minimum absolute atomic E-state index is 0.0167. The van der Waals surface area contributed by atoms with Crippen LogP contribution >= 0.6 is 0 Å². The molecular weight excluding hydrogens is 311 g/mol. The summed E-state index contributed by atoms with van der Waals surface area (Å²) in [5, 5.41) is 40.3. The van der Waals surface area contributed by atoms with Gasteiger partial charge in [0.25, 0.3) is 0 Å². The molecule has 0 amide bonds. The van der Waals surface area contributed by atoms with E-state index in [0.29, 0.717) is 22.6 Å². The molecule has 2 heterocycles. The van der Waals surface area contributed by atoms with Gasteiger partial charge in [-0.05, 0) is 25.0 Å². The van der Waals surface area contributed by atoms with Crippen molar-refractivity contribution in [1.82, 2.24) is 9.61 Å². The number of aromatic nitrogens is 2. The van der Waals surface area contributed by atoms with Crippen molar-refractivity contribution in [3.8, 4) is 5.75 Å². The number of hydrogen-bond donors (Lipinski definition) is 5. The van der Waals surface area contributed by atoms with Crippen LogP contribution in [-0.2, 0) is 6.42 Å². The van der Waals surface area contributed by atoms with Gasteiger partial charge in [-0.2, -0.15) is 5.10 Å². The van der Waals surface area contributed by atoms with Crippen molar-refractivity contribution in [3.05, 3.63) is 24.0 Å². The highest BCUT2D eigenvalue weighted by Gasteiger charge is 2.52. The Kier molecular flexibility index (Phi) is 4.66. The van der Waals surface area contributed by atoms with Crippen LogP contribution in [0.3, 0.4) is 0 Å². The second-order valence-corrected chi connectivity index (χ2v) is 5.71. The van der Waals surface area contributed by atoms with E-state index in [-0.39, 0.29) is 6.42 Å². The first kappa shape index (κ1) is 18.7. The molecule has 122 valence electrons. The summed E-state index contributed by atoms with van der Waals surface area (Å²) in [7, 11) is 17.0. The Morgan fingerprint density at radius 2 is 1.83 bits per heavy atom. The van der Waals surface area contributed by atoms with Crippen LogP contribution in [0.5, 0.6) is 5.75 Å². The first-order valence-electron chi connectivity index (χ1n) is 6.97. The Hall–Kier alpha value is -1.68. The quantitative estimate of drug-likeness (QED) is 0.290. The number of fused-ring (bicyclic) bond motifs is 1. The fourth-order valence-electron chi connectivity index (χ4n) is 2.37. The van der Waals surface area contributed by atoms with E-state index in [9.17, 15) is 20.4 Å². The summed E-state index contributed by atoms with van der Waals surface area (Å²) in [6, 6.07) is 3.28. The minimum atomic E-state index is -3.22. The monoisotopic (exact) mass is 327 g/mol. The van der Waals surface area contributed by atoms with E-state index in [0.717, 1.165) is 0 Å². The number of hydrogen-bond acceptors (Lipinski definition) is 7. The average Bonchev–Trinajstić information content (AvgIpc) is 2.82. The molecule has 1 atom stereocenters. The lowest BCUT2D eigenvalue weighted by molar-refractivity contribution is -0.251. The van der Waals surface area contributed by atoms with Gasteiger partial charge in [-0.3, -0.25) is 0 Å². The second kappa shape index (κ2) is 6.00. The van der Waals surface area contributed by atoms with Gasteiger partial charge in [-0.1, -0.05) is 0 Å². The zero-order chi connectivity index (χ0) is 18.3. The van der Waals surface area contributed by atoms with E-state index in [1.165, 1.54) is 11.6 Å². The Morgan fingerprint density at radius 1 is 1.21 bits per heavy atom. The Bertz CT molecular complexity index is 725. The molecule has 6 radical (unpaired) electrons. The third-order valence-corrected chi connectivity index (χ3v) is 3.88. The van der Waals surface area contributed by atoms with Gasteiger partial charge in [-0.15, -0.1) is 0 Å². The summed E-state index contributed by atoms with van der Waals surface area (Å²) >= 11 is 0. The summed E-state index contributed by atoms with van der Waals surface area (Å²) in [5.74, 6) is 0.429. The van der Waals surface area contributed by atoms with E-state index in [2.05, 4.69) is 5.10 Å². The number of anilines is 1. The molecule has 11 heteroatoms. The van der Waals surface area contributed by atoms with Gasteiger partial charge >= 0.3 is 0 Å². The first-order valence-corrected chi connectivity index (χ1v) is 6.97. The molecule has 2 aromatic heterocycles. The maximum absolute atomic E-state index is 10.2. The number of aryl methyl sites for hydroxylation is 1. The second-order valence-electron chi connectivity index (χ2n) is 5.71. The molecule has 0 aliphatic heterocycles. The van der Waals surface area contributed by atoms with Gasteiger partial charge < -0.3 is 30.9 Å². The third kappa shape index (κ3) is 3.25. The summed E-state index contributed by atoms with van der Waals surface area (Å²) in [6.45, 7) is 0. The molecule has 2 rings (SSSR count). The molecule has 8 nitrogen and oxygen atoms in total. The largest absolute Gasteiger partial charge is 0.493 e. The predicted octanol–water partition coefficient (Wildman–Crippen LogP) is -2.62. The van der Waals surface area contributed by atoms with Crippen LogP contribution in [0.1, 0.15) is 12.1 Å². The van der Waals surface area contributed by atoms with Gasteiger partial charge in [0.1, 0.15) is 27.0 Å². The number of rotatable bonds is 6. The van der Waals surface area contributed by atoms with E-state index < -0.39 is 23.1 Å². The molecule has 0 saturated heterocycles. The highest BCUT2D eigenvalue weighted by atomic mass is 16.5. The number of nitrogens with zero attached hydrogens (tertiary/aromatic N) is 2. The maximum Gasteiger partial charge on any atom is 0.160 e. The lowest BCUT2D eigenvalue weighted by Gasteiger charge is -2.47. The van der Waals surface area contributed by atoms with Crippen molar-refractivity contribution in [2.24, 2.45) is 0 Å². The van der Waals surface area contributed by atoms with Crippen LogP contribution in [0.25, 0.3) is 5.52 Å². The van der Waals surface area contributed by atoms with Crippen LogP contribution < -0.4 is 10.5 Å². The highest BCUT2D eigenvalue weighted by Crippen LogP contribution is 2.31. The molecule has 0 aromatic carbocycles. The van der Waals surface area contributed by atoms with Crippen molar-refractivity contribution in [1.29, 1.82) is 0 Å². The molecule has 0 fully saturated rings. The van der Waals surface area contributed by atoms with Crippen molar-refractivity contribution < 1.29 is 25.2 Å². The first-order chi connectivity index (χ1) is 10.9. The molecule has 0 aliphatic rings. The van der Waals surface area contributed by atoms with E-state index in [1.54, 1.807) is 18.3 Å². The van der Waals surface area contributed by atoms with E-state index >= 15 is 0 Å². The Labute approximate surface area is 142 Å². The van der Waals surface area contributed by atoms with E-state index in [1.807, 2.05) is 0 Å². The molecule has 0 bridgehead atoms. The lowest BCUT2D eigenvalue weighted by atomic mass is 9.50. The van der Waals surface area contributed by atoms with Crippen LogP contribution in [0.15, 0.2) is 18.3 Å². The highest BCUT2D eigenvalue weighted by molar-refractivity contribution is 6.40. The zero-order valence-electron chi connectivity index (χ0n) is 13.0. The standard InChI is InChI=1S/C13H16B3N3O5/c1-24-10-6-19-8(5-9(10)17)4-7(18-19)2-3-11(20,12(14,15)21)13(16,22)23/h4-6,20-23H,2-3,17H2,1H3. The van der Waals surface area contributed by atoms with Crippen molar-refractivity contribution in [2.75, 3.05) is 12.8 Å². The van der Waals surface area contributed by atoms with Gasteiger partial charge in [0, 0.05) is 5.40 Å². The number of pyridine rings is 1. The van der Waals surface area contributed by atoms with Gasteiger partial charge in [0.05, 0.1) is 30.2 Å². The van der Waals surface area contributed by atoms with Crippen molar-refractivity contribution >= 4 is 34.7 Å². The zero-order valence-corrected chi connectivity index (χ0v) is 13.0. The molecule has 24 heavy (non-hydrogen) atoms. The number of aliphatic hydroxyl groups is 4. The Morgan fingerprint density at radius 3 is 2.33 bits per heavy atom. The van der Waals surface area contributed by atoms with Crippen LogP contribution in [-0.4, -0.2) is 77.4 Å². The fraction of sp³-hybridized carbons (Fsp3) is 0.462. The fourth-order valence-corrected chi connectivity index (χ4v) is 2.37. The molecule has 0 spiro atoms. The van der Waals surface area contributed by atoms with Crippen LogP contribution in [0.2, 0.25) is 0 Å². The number of nitrogens with two attached hydrogens (primary N) is 1. The number of nitrogen functional groups attached to an aromatic ring is 1. The van der Waals surface area contributed by atoms with Gasteiger partial charge in [-0.25, -0.2) is 4.52 Å². The lowest BCUT2D eigenvalue weighted by Crippen LogP contribution is -2.69. The molecule has 2 aromatic rings. The summed E-state index contributed by atoms with van der Waals surface area (Å²) in [6.07, 6.45) is 1.07. The predicted molar refractivity (Wildman–Crippen MR) is 88.8 cm³/mol. The topological polar surface area (TPSA) is 133 Å². The van der Waals surface area contributed by atoms with Crippen LogP contribution in [0, 0.1) is 0 Å². The summed E-state index contributed by atoms with van der Waals surface area (Å²) < 4.78 is 6.59. The van der Waals surface area contributed by atoms with Crippen molar-refractivity contribution in [2.45, 2.75) is 29.5 Å². The number of methoxy groups -OCH3 is 1. The molecule has 1 unspecified atom stereocenters. The summed E-state index contributed by atoms with van der Waals surface area (Å²) in [5.41, 5.74) is 1.29. The maximum atomic E-state index is 10.2. The third-order valence-electron chi connectivity index (χ3n) is 3.88. The van der Waals surface area contributed by atoms with Gasteiger partial charge in [0.2, 0.25) is 0 Å². The van der Waals surface area contributed by atoms with Crippen molar-refractivity contribution in [3.63, 3.8) is 0 Å². The molecular formula is C13H16B3N3O5. The smallest absolute Gasteiger partial charge is 0.160 e. The van der Waals surface area contributed by atoms with Gasteiger partial charge in [0.15, 0.2) is 13.6 Å². The molecule has 0 saturated carbocycles. The Balaban J connectivity index is 2.29. The number of ether oxygens (including phenoxy) is 1. The normalized spacial score (nSPS) is 15.4. The average molecular weight is 327 g/mol. The molecule has 0 aliphatic carbocycles.